The standard InChI is InChI=1S/C12H25NO/c1-3-5-12(13-4-2)10-14-9-8-11-6-7-11/h11-13H,3-10H2,1-2H3. The molecule has 84 valence electrons. The molecule has 2 nitrogen and oxygen atoms in total. The van der Waals surface area contributed by atoms with Gasteiger partial charge in [0.25, 0.3) is 0 Å². The molecule has 0 aliphatic heterocycles. The second-order valence-corrected chi connectivity index (χ2v) is 4.35. The molecule has 0 aromatic carbocycles. The summed E-state index contributed by atoms with van der Waals surface area (Å²) in [4.78, 5) is 0. The van der Waals surface area contributed by atoms with Gasteiger partial charge in [0.2, 0.25) is 0 Å². The third kappa shape index (κ3) is 5.61. The summed E-state index contributed by atoms with van der Waals surface area (Å²) in [6, 6.07) is 0.573. The van der Waals surface area contributed by atoms with Gasteiger partial charge in [-0.05, 0) is 25.3 Å². The fourth-order valence-electron chi connectivity index (χ4n) is 1.76. The molecule has 1 fully saturated rings. The van der Waals surface area contributed by atoms with Crippen molar-refractivity contribution >= 4 is 0 Å². The van der Waals surface area contributed by atoms with Crippen molar-refractivity contribution in [3.63, 3.8) is 0 Å². The summed E-state index contributed by atoms with van der Waals surface area (Å²) >= 11 is 0. The minimum atomic E-state index is 0.573. The quantitative estimate of drug-likeness (QED) is 0.576. The first-order valence-corrected chi connectivity index (χ1v) is 6.18. The summed E-state index contributed by atoms with van der Waals surface area (Å²) in [5.74, 6) is 0.999. The van der Waals surface area contributed by atoms with E-state index in [9.17, 15) is 0 Å². The molecule has 0 amide bonds. The van der Waals surface area contributed by atoms with Crippen molar-refractivity contribution in [1.82, 2.24) is 5.32 Å². The molecular formula is C12H25NO. The molecule has 1 atom stereocenters. The maximum absolute atomic E-state index is 5.69. The molecular weight excluding hydrogens is 174 g/mol. The summed E-state index contributed by atoms with van der Waals surface area (Å²) in [6.45, 7) is 7.31. The van der Waals surface area contributed by atoms with Gasteiger partial charge in [-0.25, -0.2) is 0 Å². The summed E-state index contributed by atoms with van der Waals surface area (Å²) in [5, 5.41) is 3.46. The number of hydrogen-bond acceptors (Lipinski definition) is 2. The number of hydrogen-bond donors (Lipinski definition) is 1. The van der Waals surface area contributed by atoms with Crippen LogP contribution in [0.5, 0.6) is 0 Å². The maximum atomic E-state index is 5.69. The molecule has 1 saturated carbocycles. The van der Waals surface area contributed by atoms with Crippen LogP contribution in [0.1, 0.15) is 46.0 Å². The first-order chi connectivity index (χ1) is 6.86. The van der Waals surface area contributed by atoms with Gasteiger partial charge in [-0.15, -0.1) is 0 Å². The van der Waals surface area contributed by atoms with Gasteiger partial charge in [0, 0.05) is 12.6 Å². The molecule has 0 heterocycles. The van der Waals surface area contributed by atoms with E-state index in [2.05, 4.69) is 19.2 Å². The minimum absolute atomic E-state index is 0.573. The Bertz CT molecular complexity index is 128. The van der Waals surface area contributed by atoms with E-state index in [1.165, 1.54) is 32.1 Å². The highest BCUT2D eigenvalue weighted by molar-refractivity contribution is 4.72. The highest BCUT2D eigenvalue weighted by Gasteiger charge is 2.20. The zero-order valence-corrected chi connectivity index (χ0v) is 9.72. The van der Waals surface area contributed by atoms with E-state index in [1.807, 2.05) is 0 Å². The Morgan fingerprint density at radius 1 is 1.36 bits per heavy atom. The monoisotopic (exact) mass is 199 g/mol. The molecule has 0 bridgehead atoms. The number of ether oxygens (including phenoxy) is 1. The van der Waals surface area contributed by atoms with E-state index in [-0.39, 0.29) is 0 Å². The lowest BCUT2D eigenvalue weighted by Gasteiger charge is -2.16. The van der Waals surface area contributed by atoms with Crippen LogP contribution in [0.25, 0.3) is 0 Å². The van der Waals surface area contributed by atoms with Crippen molar-refractivity contribution in [1.29, 1.82) is 0 Å². The molecule has 1 rings (SSSR count). The normalized spacial score (nSPS) is 18.4. The van der Waals surface area contributed by atoms with Crippen molar-refractivity contribution in [2.45, 2.75) is 52.0 Å². The first-order valence-electron chi connectivity index (χ1n) is 6.18. The molecule has 0 spiro atoms. The Kier molecular flexibility index (Phi) is 6.20. The summed E-state index contributed by atoms with van der Waals surface area (Å²) in [6.07, 6.45) is 6.63. The van der Waals surface area contributed by atoms with Crippen LogP contribution in [0.2, 0.25) is 0 Å². The predicted molar refractivity (Wildman–Crippen MR) is 60.5 cm³/mol. The van der Waals surface area contributed by atoms with Gasteiger partial charge in [0.15, 0.2) is 0 Å². The van der Waals surface area contributed by atoms with E-state index in [0.29, 0.717) is 6.04 Å². The molecule has 0 aromatic heterocycles. The first kappa shape index (κ1) is 12.0. The Labute approximate surface area is 88.4 Å². The van der Waals surface area contributed by atoms with Crippen LogP contribution in [-0.2, 0) is 4.74 Å². The van der Waals surface area contributed by atoms with Gasteiger partial charge < -0.3 is 10.1 Å². The fourth-order valence-corrected chi connectivity index (χ4v) is 1.76. The van der Waals surface area contributed by atoms with Crippen LogP contribution in [0.4, 0.5) is 0 Å². The highest BCUT2D eigenvalue weighted by Crippen LogP contribution is 2.32. The second kappa shape index (κ2) is 7.24. The van der Waals surface area contributed by atoms with E-state index >= 15 is 0 Å². The lowest BCUT2D eigenvalue weighted by Crippen LogP contribution is -2.33. The third-order valence-electron chi connectivity index (χ3n) is 2.82. The highest BCUT2D eigenvalue weighted by atomic mass is 16.5. The molecule has 1 unspecified atom stereocenters. The molecule has 1 aliphatic rings. The molecule has 1 N–H and O–H groups in total. The fraction of sp³-hybridized carbons (Fsp3) is 1.00. The van der Waals surface area contributed by atoms with Gasteiger partial charge in [-0.2, -0.15) is 0 Å². The third-order valence-corrected chi connectivity index (χ3v) is 2.82. The van der Waals surface area contributed by atoms with Crippen LogP contribution in [0.15, 0.2) is 0 Å². The summed E-state index contributed by atoms with van der Waals surface area (Å²) in [5.41, 5.74) is 0. The lowest BCUT2D eigenvalue weighted by atomic mass is 10.2. The van der Waals surface area contributed by atoms with Crippen molar-refractivity contribution in [3.05, 3.63) is 0 Å². The SMILES string of the molecule is CCCC(COCCC1CC1)NCC. The number of rotatable bonds is 9. The minimum Gasteiger partial charge on any atom is -0.380 e. The van der Waals surface area contributed by atoms with Crippen LogP contribution >= 0.6 is 0 Å². The maximum Gasteiger partial charge on any atom is 0.0619 e. The van der Waals surface area contributed by atoms with Crippen molar-refractivity contribution < 1.29 is 4.74 Å². The number of likely N-dealkylation sites (N-methyl/N-ethyl adjacent to an activating group) is 1. The molecule has 0 radical (unpaired) electrons. The zero-order chi connectivity index (χ0) is 10.2. The summed E-state index contributed by atoms with van der Waals surface area (Å²) < 4.78 is 5.69. The van der Waals surface area contributed by atoms with Crippen molar-refractivity contribution in [2.75, 3.05) is 19.8 Å². The van der Waals surface area contributed by atoms with Gasteiger partial charge in [-0.3, -0.25) is 0 Å². The van der Waals surface area contributed by atoms with Gasteiger partial charge in [0.1, 0.15) is 0 Å². The largest absolute Gasteiger partial charge is 0.380 e. The topological polar surface area (TPSA) is 21.3 Å². The molecule has 1 aliphatic carbocycles. The average Bonchev–Trinajstić information content (AvgIpc) is 2.96. The smallest absolute Gasteiger partial charge is 0.0619 e. The summed E-state index contributed by atoms with van der Waals surface area (Å²) in [7, 11) is 0. The Morgan fingerprint density at radius 2 is 2.14 bits per heavy atom. The lowest BCUT2D eigenvalue weighted by molar-refractivity contribution is 0.104. The molecule has 0 saturated heterocycles. The van der Waals surface area contributed by atoms with Crippen LogP contribution < -0.4 is 5.32 Å². The predicted octanol–water partition coefficient (Wildman–Crippen LogP) is 2.58. The Morgan fingerprint density at radius 3 is 2.71 bits per heavy atom. The zero-order valence-electron chi connectivity index (χ0n) is 9.72. The molecule has 2 heteroatoms. The molecule has 0 aromatic rings. The average molecular weight is 199 g/mol. The van der Waals surface area contributed by atoms with Gasteiger partial charge >= 0.3 is 0 Å². The van der Waals surface area contributed by atoms with E-state index < -0.39 is 0 Å². The van der Waals surface area contributed by atoms with E-state index in [4.69, 9.17) is 4.74 Å². The van der Waals surface area contributed by atoms with Crippen LogP contribution in [0.3, 0.4) is 0 Å². The van der Waals surface area contributed by atoms with Crippen molar-refractivity contribution in [2.24, 2.45) is 5.92 Å². The molecule has 14 heavy (non-hydrogen) atoms. The van der Waals surface area contributed by atoms with Gasteiger partial charge in [-0.1, -0.05) is 33.1 Å². The number of nitrogens with one attached hydrogen (secondary N) is 1. The van der Waals surface area contributed by atoms with Crippen molar-refractivity contribution in [3.8, 4) is 0 Å². The van der Waals surface area contributed by atoms with Crippen LogP contribution in [-0.4, -0.2) is 25.8 Å². The Balaban J connectivity index is 1.93. The van der Waals surface area contributed by atoms with E-state index in [0.717, 1.165) is 25.7 Å². The van der Waals surface area contributed by atoms with Crippen LogP contribution in [0, 0.1) is 5.92 Å². The van der Waals surface area contributed by atoms with Gasteiger partial charge in [0.05, 0.1) is 6.61 Å². The second-order valence-electron chi connectivity index (χ2n) is 4.35. The Hall–Kier alpha value is -0.0800. The van der Waals surface area contributed by atoms with E-state index in [1.54, 1.807) is 0 Å².